The van der Waals surface area contributed by atoms with E-state index in [0.717, 1.165) is 11.1 Å². The lowest BCUT2D eigenvalue weighted by atomic mass is 10.1. The Balaban J connectivity index is 1.89. The summed E-state index contributed by atoms with van der Waals surface area (Å²) in [6.07, 6.45) is -0.476. The molecule has 1 amide bonds. The predicted molar refractivity (Wildman–Crippen MR) is 84.4 cm³/mol. The summed E-state index contributed by atoms with van der Waals surface area (Å²) < 4.78 is 5.19. The van der Waals surface area contributed by atoms with Gasteiger partial charge in [-0.3, -0.25) is 0 Å². The lowest BCUT2D eigenvalue weighted by Crippen LogP contribution is -2.30. The van der Waals surface area contributed by atoms with Crippen molar-refractivity contribution in [2.24, 2.45) is 0 Å². The Morgan fingerprint density at radius 3 is 2.43 bits per heavy atom. The highest BCUT2D eigenvalue weighted by Crippen LogP contribution is 2.18. The number of rotatable bonds is 5. The molecule has 0 unspecified atom stereocenters. The molecule has 2 aromatic rings. The number of hydrogen-bond donors (Lipinski definition) is 2. The Morgan fingerprint density at radius 2 is 1.81 bits per heavy atom. The van der Waals surface area contributed by atoms with Crippen LogP contribution in [0.2, 0.25) is 0 Å². The summed E-state index contributed by atoms with van der Waals surface area (Å²) in [5.41, 5.74) is 1.83. The number of benzene rings is 2. The van der Waals surface area contributed by atoms with Gasteiger partial charge in [0, 0.05) is 5.33 Å². The van der Waals surface area contributed by atoms with Gasteiger partial charge in [-0.1, -0.05) is 58.4 Å². The first-order valence-corrected chi connectivity index (χ1v) is 7.63. The van der Waals surface area contributed by atoms with Gasteiger partial charge in [0.15, 0.2) is 0 Å². The molecule has 2 N–H and O–H groups in total. The molecule has 0 radical (unpaired) electrons. The molecule has 0 fully saturated rings. The Kier molecular flexibility index (Phi) is 5.63. The molecular weight excluding hydrogens is 334 g/mol. The van der Waals surface area contributed by atoms with Crippen LogP contribution in [0.25, 0.3) is 0 Å². The van der Waals surface area contributed by atoms with Gasteiger partial charge in [0.1, 0.15) is 12.4 Å². The van der Waals surface area contributed by atoms with E-state index in [0.29, 0.717) is 5.33 Å². The van der Waals surface area contributed by atoms with E-state index in [1.807, 2.05) is 30.3 Å². The summed E-state index contributed by atoms with van der Waals surface area (Å²) in [6.45, 7) is 0.233. The van der Waals surface area contributed by atoms with Gasteiger partial charge in [0.25, 0.3) is 0 Å². The van der Waals surface area contributed by atoms with Crippen LogP contribution in [0.3, 0.4) is 0 Å². The fourth-order valence-electron chi connectivity index (χ4n) is 1.82. The highest BCUT2D eigenvalue weighted by Gasteiger charge is 2.14. The van der Waals surface area contributed by atoms with Gasteiger partial charge in [-0.05, 0) is 23.3 Å². The molecule has 0 bridgehead atoms. The van der Waals surface area contributed by atoms with Crippen LogP contribution < -0.4 is 5.32 Å². The zero-order valence-electron chi connectivity index (χ0n) is 11.3. The number of alkyl halides is 1. The largest absolute Gasteiger partial charge is 0.508 e. The topological polar surface area (TPSA) is 58.6 Å². The molecular formula is C16H16BrNO3. The summed E-state index contributed by atoms with van der Waals surface area (Å²) in [7, 11) is 0. The highest BCUT2D eigenvalue weighted by molar-refractivity contribution is 9.09. The van der Waals surface area contributed by atoms with E-state index in [4.69, 9.17) is 4.74 Å². The summed E-state index contributed by atoms with van der Waals surface area (Å²) in [6, 6.07) is 16.0. The Morgan fingerprint density at radius 1 is 1.14 bits per heavy atom. The van der Waals surface area contributed by atoms with Gasteiger partial charge in [0.05, 0.1) is 6.04 Å². The number of amides is 1. The van der Waals surface area contributed by atoms with Crippen molar-refractivity contribution in [3.05, 3.63) is 65.7 Å². The van der Waals surface area contributed by atoms with Crippen LogP contribution in [0, 0.1) is 0 Å². The van der Waals surface area contributed by atoms with Crippen molar-refractivity contribution in [1.29, 1.82) is 0 Å². The second-order valence-corrected chi connectivity index (χ2v) is 5.15. The number of halogens is 1. The number of alkyl carbamates (subject to hydrolysis) is 1. The Bertz CT molecular complexity index is 572. The zero-order valence-corrected chi connectivity index (χ0v) is 12.9. The molecule has 0 spiro atoms. The van der Waals surface area contributed by atoms with Gasteiger partial charge in [-0.15, -0.1) is 0 Å². The van der Waals surface area contributed by atoms with E-state index in [-0.39, 0.29) is 18.4 Å². The number of ether oxygens (including phenoxy) is 1. The number of aromatic hydroxyl groups is 1. The minimum Gasteiger partial charge on any atom is -0.508 e. The lowest BCUT2D eigenvalue weighted by Gasteiger charge is -2.16. The van der Waals surface area contributed by atoms with Gasteiger partial charge >= 0.3 is 6.09 Å². The van der Waals surface area contributed by atoms with Gasteiger partial charge in [-0.25, -0.2) is 4.79 Å². The van der Waals surface area contributed by atoms with Gasteiger partial charge in [-0.2, -0.15) is 0 Å². The van der Waals surface area contributed by atoms with Crippen LogP contribution >= 0.6 is 15.9 Å². The summed E-state index contributed by atoms with van der Waals surface area (Å²) in [4.78, 5) is 11.8. The maximum absolute atomic E-state index is 11.8. The summed E-state index contributed by atoms with van der Waals surface area (Å²) in [5.74, 6) is 0.193. The van der Waals surface area contributed by atoms with Gasteiger partial charge < -0.3 is 15.2 Å². The smallest absolute Gasteiger partial charge is 0.407 e. The molecule has 0 saturated carbocycles. The fraction of sp³-hybridized carbons (Fsp3) is 0.188. The van der Waals surface area contributed by atoms with Crippen molar-refractivity contribution in [3.8, 4) is 5.75 Å². The third kappa shape index (κ3) is 4.79. The van der Waals surface area contributed by atoms with Crippen LogP contribution in [-0.4, -0.2) is 16.5 Å². The molecule has 0 heterocycles. The standard InChI is InChI=1S/C16H16BrNO3/c17-10-15(13-6-8-14(19)9-7-13)18-16(20)21-11-12-4-2-1-3-5-12/h1-9,15,19H,10-11H2,(H,18,20)/t15-/m0/s1. The molecule has 1 atom stereocenters. The number of carbonyl (C=O) groups is 1. The van der Waals surface area contributed by atoms with E-state index in [2.05, 4.69) is 21.2 Å². The van der Waals surface area contributed by atoms with Crippen LogP contribution in [0.5, 0.6) is 5.75 Å². The molecule has 4 nitrogen and oxygen atoms in total. The first kappa shape index (κ1) is 15.4. The Labute approximate surface area is 131 Å². The van der Waals surface area contributed by atoms with E-state index >= 15 is 0 Å². The highest BCUT2D eigenvalue weighted by atomic mass is 79.9. The summed E-state index contributed by atoms with van der Waals surface area (Å²) >= 11 is 3.36. The molecule has 0 aromatic heterocycles. The maximum Gasteiger partial charge on any atom is 0.407 e. The fourth-order valence-corrected chi connectivity index (χ4v) is 2.36. The summed E-state index contributed by atoms with van der Waals surface area (Å²) in [5, 5.41) is 12.6. The molecule has 2 aromatic carbocycles. The van der Waals surface area contributed by atoms with E-state index in [1.165, 1.54) is 0 Å². The van der Waals surface area contributed by atoms with Crippen molar-refractivity contribution < 1.29 is 14.6 Å². The normalized spacial score (nSPS) is 11.7. The van der Waals surface area contributed by atoms with Crippen LogP contribution in [-0.2, 0) is 11.3 Å². The Hall–Kier alpha value is -2.01. The average molecular weight is 350 g/mol. The second-order valence-electron chi connectivity index (χ2n) is 4.50. The number of carbonyl (C=O) groups excluding carboxylic acids is 1. The minimum absolute atomic E-state index is 0.193. The van der Waals surface area contributed by atoms with E-state index in [1.54, 1.807) is 24.3 Å². The molecule has 0 saturated heterocycles. The van der Waals surface area contributed by atoms with Crippen molar-refractivity contribution >= 4 is 22.0 Å². The SMILES string of the molecule is O=C(N[C@@H](CBr)c1ccc(O)cc1)OCc1ccccc1. The number of phenols is 1. The average Bonchev–Trinajstić information content (AvgIpc) is 2.52. The molecule has 0 aliphatic carbocycles. The third-order valence-electron chi connectivity index (χ3n) is 2.95. The molecule has 0 aliphatic heterocycles. The first-order valence-electron chi connectivity index (χ1n) is 6.51. The maximum atomic E-state index is 11.8. The molecule has 0 aliphatic rings. The molecule has 21 heavy (non-hydrogen) atoms. The molecule has 110 valence electrons. The van der Waals surface area contributed by atoms with Crippen molar-refractivity contribution in [2.75, 3.05) is 5.33 Å². The molecule has 5 heteroatoms. The number of hydrogen-bond acceptors (Lipinski definition) is 3. The van der Waals surface area contributed by atoms with Crippen molar-refractivity contribution in [3.63, 3.8) is 0 Å². The van der Waals surface area contributed by atoms with E-state index in [9.17, 15) is 9.90 Å². The quantitative estimate of drug-likeness (QED) is 0.808. The first-order chi connectivity index (χ1) is 10.2. The minimum atomic E-state index is -0.476. The second kappa shape index (κ2) is 7.69. The number of nitrogens with one attached hydrogen (secondary N) is 1. The number of phenolic OH excluding ortho intramolecular Hbond substituents is 1. The zero-order chi connectivity index (χ0) is 15.1. The third-order valence-corrected chi connectivity index (χ3v) is 3.60. The van der Waals surface area contributed by atoms with Crippen molar-refractivity contribution in [1.82, 2.24) is 5.32 Å². The molecule has 2 rings (SSSR count). The van der Waals surface area contributed by atoms with E-state index < -0.39 is 6.09 Å². The lowest BCUT2D eigenvalue weighted by molar-refractivity contribution is 0.136. The van der Waals surface area contributed by atoms with Crippen LogP contribution in [0.15, 0.2) is 54.6 Å². The van der Waals surface area contributed by atoms with Crippen LogP contribution in [0.4, 0.5) is 4.79 Å². The monoisotopic (exact) mass is 349 g/mol. The predicted octanol–water partition coefficient (Wildman–Crippen LogP) is 3.75. The van der Waals surface area contributed by atoms with Crippen molar-refractivity contribution in [2.45, 2.75) is 12.6 Å². The van der Waals surface area contributed by atoms with Crippen LogP contribution in [0.1, 0.15) is 17.2 Å². The van der Waals surface area contributed by atoms with Gasteiger partial charge in [0.2, 0.25) is 0 Å².